The molecule has 0 amide bonds. The number of nitrogens with one attached hydrogen (secondary N) is 1. The number of methoxy groups -OCH3 is 1. The maximum absolute atomic E-state index is 5.27. The van der Waals surface area contributed by atoms with E-state index in [1.165, 1.54) is 32.2 Å². The zero-order valence-electron chi connectivity index (χ0n) is 13.7. The summed E-state index contributed by atoms with van der Waals surface area (Å²) in [5.74, 6) is 0. The minimum absolute atomic E-state index is 0.375. The molecule has 19 heavy (non-hydrogen) atoms. The van der Waals surface area contributed by atoms with E-state index in [-0.39, 0.29) is 0 Å². The summed E-state index contributed by atoms with van der Waals surface area (Å²) >= 11 is 0. The molecule has 2 unspecified atom stereocenters. The Kier molecular flexibility index (Phi) is 7.33. The Morgan fingerprint density at radius 3 is 2.53 bits per heavy atom. The van der Waals surface area contributed by atoms with Crippen LogP contribution in [0.25, 0.3) is 0 Å². The Hall–Kier alpha value is -0.120. The molecule has 3 nitrogen and oxygen atoms in total. The molecule has 1 N–H and O–H groups in total. The first-order chi connectivity index (χ1) is 9.04. The number of nitrogens with zero attached hydrogens (tertiary/aromatic N) is 1. The van der Waals surface area contributed by atoms with E-state index in [0.717, 1.165) is 25.7 Å². The number of rotatable bonds is 11. The first kappa shape index (κ1) is 16.9. The Morgan fingerprint density at radius 1 is 1.37 bits per heavy atom. The van der Waals surface area contributed by atoms with Gasteiger partial charge in [0.05, 0.1) is 6.61 Å². The maximum Gasteiger partial charge on any atom is 0.0589 e. The van der Waals surface area contributed by atoms with Gasteiger partial charge in [-0.15, -0.1) is 0 Å². The molecule has 1 fully saturated rings. The zero-order chi connectivity index (χ0) is 14.3. The third kappa shape index (κ3) is 6.24. The lowest BCUT2D eigenvalue weighted by molar-refractivity contribution is 0.0810. The number of hydrogen-bond acceptors (Lipinski definition) is 3. The first-order valence-corrected chi connectivity index (χ1v) is 8.01. The molecule has 0 aliphatic heterocycles. The Labute approximate surface area is 120 Å². The van der Waals surface area contributed by atoms with Crippen molar-refractivity contribution in [1.82, 2.24) is 10.2 Å². The zero-order valence-corrected chi connectivity index (χ0v) is 13.7. The van der Waals surface area contributed by atoms with E-state index in [2.05, 4.69) is 37.9 Å². The summed E-state index contributed by atoms with van der Waals surface area (Å²) in [5, 5.41) is 3.71. The third-order valence-electron chi connectivity index (χ3n) is 4.63. The molecule has 2 atom stereocenters. The van der Waals surface area contributed by atoms with E-state index in [1.807, 2.05) is 0 Å². The molecule has 0 aromatic rings. The van der Waals surface area contributed by atoms with Crippen LogP contribution in [0.15, 0.2) is 0 Å². The van der Waals surface area contributed by atoms with Crippen molar-refractivity contribution in [2.45, 2.75) is 65.5 Å². The van der Waals surface area contributed by atoms with Crippen LogP contribution < -0.4 is 5.32 Å². The molecule has 0 radical (unpaired) electrons. The summed E-state index contributed by atoms with van der Waals surface area (Å²) in [6.07, 6.45) is 5.18. The lowest BCUT2D eigenvalue weighted by Gasteiger charge is -2.38. The molecule has 1 rings (SSSR count). The van der Waals surface area contributed by atoms with E-state index in [0.29, 0.717) is 11.5 Å². The van der Waals surface area contributed by atoms with Crippen LogP contribution in [0, 0.1) is 5.41 Å². The van der Waals surface area contributed by atoms with Crippen LogP contribution in [0.5, 0.6) is 0 Å². The molecule has 0 aromatic carbocycles. The lowest BCUT2D eigenvalue weighted by Crippen LogP contribution is -2.46. The van der Waals surface area contributed by atoms with Gasteiger partial charge in [0.25, 0.3) is 0 Å². The summed E-state index contributed by atoms with van der Waals surface area (Å²) in [7, 11) is 1.79. The summed E-state index contributed by atoms with van der Waals surface area (Å²) in [4.78, 5) is 2.60. The highest BCUT2D eigenvalue weighted by Gasteiger charge is 2.30. The summed E-state index contributed by atoms with van der Waals surface area (Å²) in [5.41, 5.74) is 0.375. The second-order valence-corrected chi connectivity index (χ2v) is 6.54. The van der Waals surface area contributed by atoms with Crippen LogP contribution >= 0.6 is 0 Å². The Balaban J connectivity index is 2.49. The molecular weight excluding hydrogens is 236 g/mol. The van der Waals surface area contributed by atoms with Gasteiger partial charge in [-0.05, 0) is 38.0 Å². The van der Waals surface area contributed by atoms with Gasteiger partial charge in [0, 0.05) is 38.8 Å². The van der Waals surface area contributed by atoms with Gasteiger partial charge in [0.2, 0.25) is 0 Å². The van der Waals surface area contributed by atoms with E-state index in [1.54, 1.807) is 7.11 Å². The Morgan fingerprint density at radius 2 is 2.05 bits per heavy atom. The van der Waals surface area contributed by atoms with E-state index >= 15 is 0 Å². The van der Waals surface area contributed by atoms with Crippen molar-refractivity contribution in [3.8, 4) is 0 Å². The fraction of sp³-hybridized carbons (Fsp3) is 1.00. The van der Waals surface area contributed by atoms with Gasteiger partial charge in [0.1, 0.15) is 0 Å². The largest absolute Gasteiger partial charge is 0.383 e. The van der Waals surface area contributed by atoms with Gasteiger partial charge in [0.15, 0.2) is 0 Å². The number of ether oxygens (including phenoxy) is 1. The molecular formula is C16H34N2O. The highest BCUT2D eigenvalue weighted by molar-refractivity contribution is 4.87. The van der Waals surface area contributed by atoms with Crippen LogP contribution in [0.1, 0.15) is 53.4 Å². The van der Waals surface area contributed by atoms with Gasteiger partial charge in [-0.3, -0.25) is 4.90 Å². The number of hydrogen-bond donors (Lipinski definition) is 1. The monoisotopic (exact) mass is 270 g/mol. The standard InChI is InChI=1S/C16H34N2O/c1-6-14(3)18(10-11-19-5)13-16(4,7-2)12-17-15-8-9-15/h14-15,17H,6-13H2,1-5H3. The van der Waals surface area contributed by atoms with Crippen molar-refractivity contribution in [3.63, 3.8) is 0 Å². The maximum atomic E-state index is 5.27. The van der Waals surface area contributed by atoms with Crippen LogP contribution in [0.3, 0.4) is 0 Å². The molecule has 0 spiro atoms. The van der Waals surface area contributed by atoms with Gasteiger partial charge in [-0.2, -0.15) is 0 Å². The molecule has 0 bridgehead atoms. The summed E-state index contributed by atoms with van der Waals surface area (Å²) < 4.78 is 5.27. The average Bonchev–Trinajstić information content (AvgIpc) is 3.24. The molecule has 0 aromatic heterocycles. The van der Waals surface area contributed by atoms with E-state index in [4.69, 9.17) is 4.74 Å². The fourth-order valence-corrected chi connectivity index (χ4v) is 2.38. The summed E-state index contributed by atoms with van der Waals surface area (Å²) in [6, 6.07) is 1.45. The fourth-order valence-electron chi connectivity index (χ4n) is 2.38. The molecule has 0 saturated heterocycles. The highest BCUT2D eigenvalue weighted by Crippen LogP contribution is 2.26. The van der Waals surface area contributed by atoms with Crippen LogP contribution in [-0.2, 0) is 4.74 Å². The van der Waals surface area contributed by atoms with Crippen molar-refractivity contribution in [1.29, 1.82) is 0 Å². The second kappa shape index (κ2) is 8.23. The van der Waals surface area contributed by atoms with Crippen molar-refractivity contribution >= 4 is 0 Å². The smallest absolute Gasteiger partial charge is 0.0589 e. The topological polar surface area (TPSA) is 24.5 Å². The minimum Gasteiger partial charge on any atom is -0.383 e. The molecule has 1 aliphatic rings. The quantitative estimate of drug-likeness (QED) is 0.625. The lowest BCUT2D eigenvalue weighted by atomic mass is 9.86. The molecule has 3 heteroatoms. The van der Waals surface area contributed by atoms with Gasteiger partial charge in [-0.1, -0.05) is 20.8 Å². The van der Waals surface area contributed by atoms with Crippen molar-refractivity contribution < 1.29 is 4.74 Å². The SMILES string of the molecule is CCC(C)N(CCOC)CC(C)(CC)CNC1CC1. The molecule has 1 saturated carbocycles. The third-order valence-corrected chi connectivity index (χ3v) is 4.63. The van der Waals surface area contributed by atoms with Crippen LogP contribution in [-0.4, -0.2) is 50.3 Å². The first-order valence-electron chi connectivity index (χ1n) is 8.01. The average molecular weight is 270 g/mol. The molecule has 114 valence electrons. The van der Waals surface area contributed by atoms with Gasteiger partial charge < -0.3 is 10.1 Å². The molecule has 1 aliphatic carbocycles. The van der Waals surface area contributed by atoms with E-state index < -0.39 is 0 Å². The van der Waals surface area contributed by atoms with Crippen LogP contribution in [0.4, 0.5) is 0 Å². The summed E-state index contributed by atoms with van der Waals surface area (Å²) in [6.45, 7) is 13.5. The van der Waals surface area contributed by atoms with Gasteiger partial charge >= 0.3 is 0 Å². The second-order valence-electron chi connectivity index (χ2n) is 6.54. The Bertz CT molecular complexity index is 243. The van der Waals surface area contributed by atoms with E-state index in [9.17, 15) is 0 Å². The highest BCUT2D eigenvalue weighted by atomic mass is 16.5. The van der Waals surface area contributed by atoms with Crippen molar-refractivity contribution in [3.05, 3.63) is 0 Å². The van der Waals surface area contributed by atoms with Crippen molar-refractivity contribution in [2.24, 2.45) is 5.41 Å². The minimum atomic E-state index is 0.375. The van der Waals surface area contributed by atoms with Gasteiger partial charge in [-0.25, -0.2) is 0 Å². The molecule has 0 heterocycles. The predicted octanol–water partition coefficient (Wildman–Crippen LogP) is 2.90. The predicted molar refractivity (Wildman–Crippen MR) is 82.6 cm³/mol. The normalized spacial score (nSPS) is 20.5. The van der Waals surface area contributed by atoms with Crippen molar-refractivity contribution in [2.75, 3.05) is 33.4 Å². The van der Waals surface area contributed by atoms with Crippen LogP contribution in [0.2, 0.25) is 0 Å².